The molecule has 3 nitrogen and oxygen atoms in total. The van der Waals surface area contributed by atoms with E-state index >= 15 is 0 Å². The van der Waals surface area contributed by atoms with Crippen LogP contribution in [0.5, 0.6) is 0 Å². The molecule has 0 bridgehead atoms. The minimum absolute atomic E-state index is 0.0189. The van der Waals surface area contributed by atoms with Crippen LogP contribution in [0.15, 0.2) is 0 Å². The van der Waals surface area contributed by atoms with Crippen molar-refractivity contribution in [3.8, 4) is 0 Å². The highest BCUT2D eigenvalue weighted by atomic mass is 16.3. The summed E-state index contributed by atoms with van der Waals surface area (Å²) in [5.41, 5.74) is 0.0189. The van der Waals surface area contributed by atoms with E-state index in [1.165, 1.54) is 25.7 Å². The van der Waals surface area contributed by atoms with Gasteiger partial charge in [0.1, 0.15) is 0 Å². The standard InChI is InChI=1S/C12H21NO2/c1-12(6-4-2-3-5-7-12)13-9-10(14)8-11(13)15/h10,14H,2-9H2,1H3. The Kier molecular flexibility index (Phi) is 3.01. The summed E-state index contributed by atoms with van der Waals surface area (Å²) in [5, 5.41) is 9.52. The average molecular weight is 211 g/mol. The summed E-state index contributed by atoms with van der Waals surface area (Å²) in [7, 11) is 0. The molecule has 0 spiro atoms. The van der Waals surface area contributed by atoms with Gasteiger partial charge in [-0.2, -0.15) is 0 Å². The van der Waals surface area contributed by atoms with Gasteiger partial charge in [0.2, 0.25) is 5.91 Å². The molecule has 2 aliphatic rings. The number of aliphatic hydroxyl groups is 1. The lowest BCUT2D eigenvalue weighted by Gasteiger charge is -2.38. The van der Waals surface area contributed by atoms with Gasteiger partial charge in [0.05, 0.1) is 12.5 Å². The van der Waals surface area contributed by atoms with E-state index in [1.54, 1.807) is 0 Å². The van der Waals surface area contributed by atoms with E-state index in [0.717, 1.165) is 12.8 Å². The highest BCUT2D eigenvalue weighted by Gasteiger charge is 2.40. The maximum Gasteiger partial charge on any atom is 0.225 e. The van der Waals surface area contributed by atoms with Gasteiger partial charge < -0.3 is 10.0 Å². The lowest BCUT2D eigenvalue weighted by molar-refractivity contribution is -0.133. The lowest BCUT2D eigenvalue weighted by atomic mass is 9.91. The van der Waals surface area contributed by atoms with Gasteiger partial charge >= 0.3 is 0 Å². The van der Waals surface area contributed by atoms with E-state index in [-0.39, 0.29) is 11.4 Å². The fourth-order valence-electron chi connectivity index (χ4n) is 2.97. The van der Waals surface area contributed by atoms with Gasteiger partial charge in [0, 0.05) is 12.1 Å². The van der Waals surface area contributed by atoms with Crippen LogP contribution in [0.1, 0.15) is 51.9 Å². The van der Waals surface area contributed by atoms with Gasteiger partial charge in [-0.25, -0.2) is 0 Å². The molecule has 86 valence electrons. The van der Waals surface area contributed by atoms with Gasteiger partial charge in [-0.3, -0.25) is 4.79 Å². The van der Waals surface area contributed by atoms with E-state index in [0.29, 0.717) is 13.0 Å². The van der Waals surface area contributed by atoms with Crippen molar-refractivity contribution in [2.24, 2.45) is 0 Å². The fraction of sp³-hybridized carbons (Fsp3) is 0.917. The van der Waals surface area contributed by atoms with E-state index in [4.69, 9.17) is 0 Å². The van der Waals surface area contributed by atoms with Crippen molar-refractivity contribution in [3.63, 3.8) is 0 Å². The normalized spacial score (nSPS) is 31.7. The minimum Gasteiger partial charge on any atom is -0.391 e. The Balaban J connectivity index is 2.09. The Morgan fingerprint density at radius 2 is 1.87 bits per heavy atom. The molecule has 15 heavy (non-hydrogen) atoms. The van der Waals surface area contributed by atoms with Gasteiger partial charge in [-0.05, 0) is 19.8 Å². The summed E-state index contributed by atoms with van der Waals surface area (Å²) >= 11 is 0. The molecule has 1 heterocycles. The number of likely N-dealkylation sites (tertiary alicyclic amines) is 1. The van der Waals surface area contributed by atoms with Crippen molar-refractivity contribution in [3.05, 3.63) is 0 Å². The molecule has 0 aromatic carbocycles. The largest absolute Gasteiger partial charge is 0.391 e. The Bertz CT molecular complexity index is 244. The summed E-state index contributed by atoms with van der Waals surface area (Å²) < 4.78 is 0. The van der Waals surface area contributed by atoms with Crippen LogP contribution >= 0.6 is 0 Å². The van der Waals surface area contributed by atoms with Crippen LogP contribution in [0.2, 0.25) is 0 Å². The van der Waals surface area contributed by atoms with Crippen LogP contribution in [0.4, 0.5) is 0 Å². The Morgan fingerprint density at radius 1 is 1.27 bits per heavy atom. The second kappa shape index (κ2) is 4.12. The number of aliphatic hydroxyl groups excluding tert-OH is 1. The number of hydrogen-bond acceptors (Lipinski definition) is 2. The molecule has 1 atom stereocenters. The van der Waals surface area contributed by atoms with Crippen LogP contribution < -0.4 is 0 Å². The monoisotopic (exact) mass is 211 g/mol. The second-order valence-corrected chi connectivity index (χ2v) is 5.27. The molecule has 0 aromatic heterocycles. The third-order valence-electron chi connectivity index (χ3n) is 3.94. The number of amides is 1. The SMILES string of the molecule is CC1(N2CC(O)CC2=O)CCCCCC1. The fourth-order valence-corrected chi connectivity index (χ4v) is 2.97. The van der Waals surface area contributed by atoms with E-state index < -0.39 is 6.10 Å². The first-order valence-corrected chi connectivity index (χ1v) is 6.10. The molecule has 1 aliphatic heterocycles. The number of rotatable bonds is 1. The Hall–Kier alpha value is -0.570. The van der Waals surface area contributed by atoms with Crippen molar-refractivity contribution in [1.29, 1.82) is 0 Å². The maximum absolute atomic E-state index is 11.8. The molecule has 0 radical (unpaired) electrons. The number of hydrogen-bond donors (Lipinski definition) is 1. The van der Waals surface area contributed by atoms with E-state index in [1.807, 2.05) is 4.90 Å². The van der Waals surface area contributed by atoms with Gasteiger partial charge in [-0.1, -0.05) is 25.7 Å². The third kappa shape index (κ3) is 2.17. The van der Waals surface area contributed by atoms with Crippen molar-refractivity contribution < 1.29 is 9.90 Å². The number of carbonyl (C=O) groups is 1. The molecule has 1 N–H and O–H groups in total. The molecule has 2 fully saturated rings. The first kappa shape index (κ1) is 10.9. The summed E-state index contributed by atoms with van der Waals surface area (Å²) in [6.07, 6.45) is 7.12. The first-order chi connectivity index (χ1) is 7.12. The zero-order valence-corrected chi connectivity index (χ0v) is 9.54. The van der Waals surface area contributed by atoms with Crippen LogP contribution in [0.3, 0.4) is 0 Å². The maximum atomic E-state index is 11.8. The molecular weight excluding hydrogens is 190 g/mol. The number of β-amino-alcohol motifs (C(OH)–C–C–N with tert-alkyl or cyclic N) is 1. The van der Waals surface area contributed by atoms with Crippen molar-refractivity contribution in [2.45, 2.75) is 63.5 Å². The number of nitrogens with zero attached hydrogens (tertiary/aromatic N) is 1. The van der Waals surface area contributed by atoms with Crippen LogP contribution in [0.25, 0.3) is 0 Å². The predicted octanol–water partition coefficient (Wildman–Crippen LogP) is 1.69. The molecule has 1 amide bonds. The predicted molar refractivity (Wildman–Crippen MR) is 58.4 cm³/mol. The van der Waals surface area contributed by atoms with Gasteiger partial charge in [0.25, 0.3) is 0 Å². The minimum atomic E-state index is -0.433. The third-order valence-corrected chi connectivity index (χ3v) is 3.94. The van der Waals surface area contributed by atoms with E-state index in [9.17, 15) is 9.90 Å². The van der Waals surface area contributed by atoms with Gasteiger partial charge in [-0.15, -0.1) is 0 Å². The first-order valence-electron chi connectivity index (χ1n) is 6.10. The van der Waals surface area contributed by atoms with Gasteiger partial charge in [0.15, 0.2) is 0 Å². The molecule has 2 rings (SSSR count). The zero-order valence-electron chi connectivity index (χ0n) is 9.54. The molecule has 1 unspecified atom stereocenters. The topological polar surface area (TPSA) is 40.5 Å². The quantitative estimate of drug-likeness (QED) is 0.670. The Morgan fingerprint density at radius 3 is 2.33 bits per heavy atom. The average Bonchev–Trinajstić information content (AvgIpc) is 2.40. The highest BCUT2D eigenvalue weighted by Crippen LogP contribution is 2.34. The Labute approximate surface area is 91.5 Å². The molecule has 1 aliphatic carbocycles. The molecule has 1 saturated heterocycles. The zero-order chi connectivity index (χ0) is 10.9. The molecule has 1 saturated carbocycles. The van der Waals surface area contributed by atoms with Crippen molar-refractivity contribution in [1.82, 2.24) is 4.90 Å². The summed E-state index contributed by atoms with van der Waals surface area (Å²) in [6, 6.07) is 0. The smallest absolute Gasteiger partial charge is 0.225 e. The highest BCUT2D eigenvalue weighted by molar-refractivity contribution is 5.79. The molecule has 3 heteroatoms. The van der Waals surface area contributed by atoms with E-state index in [2.05, 4.69) is 6.92 Å². The van der Waals surface area contributed by atoms with Crippen LogP contribution in [-0.4, -0.2) is 34.1 Å². The molecule has 0 aromatic rings. The molecular formula is C12H21NO2. The van der Waals surface area contributed by atoms with Crippen molar-refractivity contribution in [2.75, 3.05) is 6.54 Å². The second-order valence-electron chi connectivity index (χ2n) is 5.27. The summed E-state index contributed by atoms with van der Waals surface area (Å²) in [6.45, 7) is 2.74. The van der Waals surface area contributed by atoms with Crippen LogP contribution in [0, 0.1) is 0 Å². The summed E-state index contributed by atoms with van der Waals surface area (Å²) in [4.78, 5) is 13.7. The summed E-state index contributed by atoms with van der Waals surface area (Å²) in [5.74, 6) is 0.145. The van der Waals surface area contributed by atoms with Crippen molar-refractivity contribution >= 4 is 5.91 Å². The lowest BCUT2D eigenvalue weighted by Crippen LogP contribution is -2.47. The van der Waals surface area contributed by atoms with Crippen LogP contribution in [-0.2, 0) is 4.79 Å². The number of carbonyl (C=O) groups excluding carboxylic acids is 1.